The van der Waals surface area contributed by atoms with Crippen molar-refractivity contribution in [3.63, 3.8) is 0 Å². The molecule has 29 heavy (non-hydrogen) atoms. The van der Waals surface area contributed by atoms with Gasteiger partial charge < -0.3 is 9.64 Å². The fraction of sp³-hybridized carbons (Fsp3) is 0.429. The first kappa shape index (κ1) is 19.2. The number of carbonyl (C=O) groups excluding carboxylic acids is 2. The topological polar surface area (TPSA) is 70.7 Å². The summed E-state index contributed by atoms with van der Waals surface area (Å²) in [5, 5.41) is 0. The number of fused-ring (bicyclic) bond motifs is 5. The van der Waals surface area contributed by atoms with Crippen LogP contribution in [0.1, 0.15) is 46.3 Å². The average molecular weight is 396 g/mol. The maximum absolute atomic E-state index is 13.7. The van der Waals surface area contributed by atoms with Gasteiger partial charge >= 0.3 is 0 Å². The quantitative estimate of drug-likeness (QED) is 0.585. The van der Waals surface area contributed by atoms with Crippen LogP contribution in [-0.2, 0) is 5.66 Å². The molecule has 4 rings (SSSR count). The molecule has 2 aliphatic rings. The maximum atomic E-state index is 13.7. The summed E-state index contributed by atoms with van der Waals surface area (Å²) in [5.74, 6) is 0.362. The molecule has 1 unspecified atom stereocenters. The molecule has 1 atom stereocenters. The summed E-state index contributed by atoms with van der Waals surface area (Å²) in [6.07, 6.45) is 5.15. The lowest BCUT2D eigenvalue weighted by Gasteiger charge is -2.33. The van der Waals surface area contributed by atoms with Crippen molar-refractivity contribution in [1.82, 2.24) is 19.4 Å². The summed E-state index contributed by atoms with van der Waals surface area (Å²) in [6, 6.07) is 5.44. The Hall–Kier alpha value is -3.16. The standard InChI is InChI=1S/C21H26N5O3/c1-6-24(4)21-10-7-11-26(21)19(27)15-12-14(29-5)8-9-16(15)25-13-22-17(18(21)25)20(28)23(2)3/h6,8-9,12-13H,7,10-11H2,1-5H3/q+1. The molecule has 8 nitrogen and oxygen atoms in total. The van der Waals surface area contributed by atoms with Gasteiger partial charge in [0.15, 0.2) is 5.69 Å². The van der Waals surface area contributed by atoms with Crippen molar-refractivity contribution in [1.29, 1.82) is 0 Å². The van der Waals surface area contributed by atoms with E-state index < -0.39 is 5.66 Å². The third-order valence-corrected chi connectivity index (χ3v) is 6.02. The van der Waals surface area contributed by atoms with Crippen LogP contribution in [0.2, 0.25) is 0 Å². The summed E-state index contributed by atoms with van der Waals surface area (Å²) in [6.45, 7) is 2.54. The highest BCUT2D eigenvalue weighted by Crippen LogP contribution is 2.45. The van der Waals surface area contributed by atoms with Gasteiger partial charge in [0.2, 0.25) is 0 Å². The molecule has 0 bridgehead atoms. The summed E-state index contributed by atoms with van der Waals surface area (Å²) in [4.78, 5) is 34.6. The van der Waals surface area contributed by atoms with Gasteiger partial charge in [-0.25, -0.2) is 9.56 Å². The first-order valence-electron chi connectivity index (χ1n) is 9.69. The molecule has 1 fully saturated rings. The Morgan fingerprint density at radius 3 is 2.79 bits per heavy atom. The van der Waals surface area contributed by atoms with Crippen molar-refractivity contribution in [3.8, 4) is 11.4 Å². The first-order valence-corrected chi connectivity index (χ1v) is 9.69. The molecule has 2 aromatic rings. The highest BCUT2D eigenvalue weighted by atomic mass is 16.5. The summed E-state index contributed by atoms with van der Waals surface area (Å²) in [5.41, 5.74) is 1.56. The number of benzene rings is 1. The van der Waals surface area contributed by atoms with Crippen LogP contribution < -0.4 is 4.74 Å². The summed E-state index contributed by atoms with van der Waals surface area (Å²) >= 11 is 0. The van der Waals surface area contributed by atoms with Crippen LogP contribution in [0, 0.1) is 0 Å². The number of ether oxygens (including phenoxy) is 1. The lowest BCUT2D eigenvalue weighted by molar-refractivity contribution is -0.613. The highest BCUT2D eigenvalue weighted by molar-refractivity contribution is 6.01. The minimum atomic E-state index is -0.782. The van der Waals surface area contributed by atoms with Crippen LogP contribution in [0.4, 0.5) is 0 Å². The maximum Gasteiger partial charge on any atom is 0.284 e. The van der Waals surface area contributed by atoms with Crippen LogP contribution in [0.15, 0.2) is 24.5 Å². The van der Waals surface area contributed by atoms with E-state index in [1.54, 1.807) is 33.6 Å². The van der Waals surface area contributed by atoms with Crippen molar-refractivity contribution in [3.05, 3.63) is 41.5 Å². The number of hydrogen-bond acceptors (Lipinski definition) is 4. The normalized spacial score (nSPS) is 20.7. The number of methoxy groups -OCH3 is 1. The summed E-state index contributed by atoms with van der Waals surface area (Å²) in [7, 11) is 6.95. The van der Waals surface area contributed by atoms with Gasteiger partial charge in [-0.15, -0.1) is 0 Å². The number of hydrogen-bond donors (Lipinski definition) is 0. The van der Waals surface area contributed by atoms with Crippen molar-refractivity contribution in [2.75, 3.05) is 34.8 Å². The molecule has 3 heterocycles. The second kappa shape index (κ2) is 6.72. The van der Waals surface area contributed by atoms with Gasteiger partial charge in [0, 0.05) is 34.0 Å². The highest BCUT2D eigenvalue weighted by Gasteiger charge is 2.58. The molecule has 0 spiro atoms. The molecule has 1 aromatic heterocycles. The van der Waals surface area contributed by atoms with Crippen LogP contribution in [0.5, 0.6) is 5.75 Å². The van der Waals surface area contributed by atoms with E-state index in [-0.39, 0.29) is 11.8 Å². The second-order valence-electron chi connectivity index (χ2n) is 7.64. The Labute approximate surface area is 170 Å². The van der Waals surface area contributed by atoms with Crippen LogP contribution in [-0.4, -0.2) is 76.8 Å². The summed E-state index contributed by atoms with van der Waals surface area (Å²) < 4.78 is 9.29. The Balaban J connectivity index is 2.11. The Bertz CT molecular complexity index is 1040. The molecular formula is C21H26N5O3+. The third kappa shape index (κ3) is 2.51. The molecule has 2 amide bonds. The number of rotatable bonds is 3. The zero-order valence-corrected chi connectivity index (χ0v) is 17.5. The number of nitrogens with zero attached hydrogens (tertiary/aromatic N) is 5. The fourth-order valence-corrected chi connectivity index (χ4v) is 4.52. The van der Waals surface area contributed by atoms with E-state index in [2.05, 4.69) is 4.98 Å². The van der Waals surface area contributed by atoms with Crippen LogP contribution >= 0.6 is 0 Å². The molecular weight excluding hydrogens is 370 g/mol. The Kier molecular flexibility index (Phi) is 4.44. The number of imidazole rings is 1. The SMILES string of the molecule is CC=[N+](C)C12CCCN1C(=O)c1cc(OC)ccc1-n1cnc(C(=O)N(C)C)c12. The number of amides is 2. The second-order valence-corrected chi connectivity index (χ2v) is 7.64. The minimum absolute atomic E-state index is 0.0722. The number of aromatic nitrogens is 2. The molecule has 0 radical (unpaired) electrons. The zero-order chi connectivity index (χ0) is 20.9. The Morgan fingerprint density at radius 1 is 1.38 bits per heavy atom. The molecule has 0 N–H and O–H groups in total. The lowest BCUT2D eigenvalue weighted by atomic mass is 9.98. The number of carbonyl (C=O) groups is 2. The van der Waals surface area contributed by atoms with E-state index in [1.807, 2.05) is 46.4 Å². The predicted octanol–water partition coefficient (Wildman–Crippen LogP) is 1.72. The molecule has 2 aliphatic heterocycles. The molecule has 1 aromatic carbocycles. The monoisotopic (exact) mass is 396 g/mol. The molecule has 152 valence electrons. The van der Waals surface area contributed by atoms with Crippen LogP contribution in [0.3, 0.4) is 0 Å². The van der Waals surface area contributed by atoms with E-state index in [9.17, 15) is 9.59 Å². The third-order valence-electron chi connectivity index (χ3n) is 6.02. The fourth-order valence-electron chi connectivity index (χ4n) is 4.52. The average Bonchev–Trinajstić information content (AvgIpc) is 3.34. The van der Waals surface area contributed by atoms with Gasteiger partial charge in [0.25, 0.3) is 17.5 Å². The lowest BCUT2D eigenvalue weighted by Crippen LogP contribution is -2.52. The van der Waals surface area contributed by atoms with Crippen molar-refractivity contribution in [2.45, 2.75) is 25.4 Å². The van der Waals surface area contributed by atoms with Crippen molar-refractivity contribution in [2.24, 2.45) is 0 Å². The molecule has 0 saturated carbocycles. The molecule has 0 aliphatic carbocycles. The van der Waals surface area contributed by atoms with E-state index in [4.69, 9.17) is 4.74 Å². The van der Waals surface area contributed by atoms with Crippen molar-refractivity contribution >= 4 is 18.0 Å². The predicted molar refractivity (Wildman–Crippen MR) is 108 cm³/mol. The molecule has 8 heteroatoms. The van der Waals surface area contributed by atoms with Gasteiger partial charge in [-0.3, -0.25) is 19.1 Å². The smallest absolute Gasteiger partial charge is 0.284 e. The van der Waals surface area contributed by atoms with E-state index in [1.165, 1.54) is 4.90 Å². The van der Waals surface area contributed by atoms with E-state index >= 15 is 0 Å². The van der Waals surface area contributed by atoms with Gasteiger partial charge in [-0.1, -0.05) is 0 Å². The zero-order valence-electron chi connectivity index (χ0n) is 17.5. The van der Waals surface area contributed by atoms with Crippen molar-refractivity contribution < 1.29 is 18.9 Å². The van der Waals surface area contributed by atoms with Gasteiger partial charge in [-0.2, -0.15) is 0 Å². The minimum Gasteiger partial charge on any atom is -0.497 e. The van der Waals surface area contributed by atoms with E-state index in [0.29, 0.717) is 35.7 Å². The molecule has 1 saturated heterocycles. The first-order chi connectivity index (χ1) is 13.9. The van der Waals surface area contributed by atoms with Crippen LogP contribution in [0.25, 0.3) is 5.69 Å². The van der Waals surface area contributed by atoms with Gasteiger partial charge in [0.1, 0.15) is 31.0 Å². The van der Waals surface area contributed by atoms with Gasteiger partial charge in [0.05, 0.1) is 18.4 Å². The van der Waals surface area contributed by atoms with E-state index in [0.717, 1.165) is 12.1 Å². The Morgan fingerprint density at radius 2 is 2.14 bits per heavy atom. The largest absolute Gasteiger partial charge is 0.497 e. The van der Waals surface area contributed by atoms with Gasteiger partial charge in [-0.05, 0) is 24.6 Å².